The van der Waals surface area contributed by atoms with E-state index in [2.05, 4.69) is 38.1 Å². The largest absolute Gasteiger partial charge is 0.466 e. The topological polar surface area (TPSA) is 50.6 Å². The molecule has 4 rings (SSSR count). The monoisotopic (exact) mass is 428 g/mol. The zero-order chi connectivity index (χ0) is 18.8. The Labute approximate surface area is 166 Å². The van der Waals surface area contributed by atoms with Gasteiger partial charge >= 0.3 is 0 Å². The van der Waals surface area contributed by atoms with Crippen LogP contribution in [0.1, 0.15) is 0 Å². The van der Waals surface area contributed by atoms with Crippen LogP contribution in [0.4, 0.5) is 5.69 Å². The lowest BCUT2D eigenvalue weighted by Crippen LogP contribution is -2.50. The second kappa shape index (κ2) is 7.60. The van der Waals surface area contributed by atoms with Crippen molar-refractivity contribution in [2.75, 3.05) is 37.7 Å². The van der Waals surface area contributed by atoms with E-state index < -0.39 is 0 Å². The first kappa shape index (κ1) is 17.9. The smallest absolute Gasteiger partial charge is 0.260 e. The van der Waals surface area contributed by atoms with Crippen molar-refractivity contribution in [2.45, 2.75) is 0 Å². The molecule has 0 aliphatic carbocycles. The van der Waals surface area contributed by atoms with Crippen LogP contribution < -0.4 is 9.64 Å². The van der Waals surface area contributed by atoms with Crippen LogP contribution in [-0.4, -0.2) is 53.4 Å². The van der Waals surface area contributed by atoms with Crippen molar-refractivity contribution in [1.29, 1.82) is 0 Å². The number of carbonyl (C=O) groups is 1. The van der Waals surface area contributed by atoms with Gasteiger partial charge in [0.25, 0.3) is 5.91 Å². The fraction of sp³-hybridized carbons (Fsp3) is 0.300. The third-order valence-corrected chi connectivity index (χ3v) is 5.36. The Morgan fingerprint density at radius 2 is 1.85 bits per heavy atom. The Kier molecular flexibility index (Phi) is 5.03. The molecule has 2 aromatic carbocycles. The van der Waals surface area contributed by atoms with Gasteiger partial charge in [0.1, 0.15) is 0 Å². The van der Waals surface area contributed by atoms with E-state index in [1.54, 1.807) is 4.68 Å². The molecule has 1 fully saturated rings. The van der Waals surface area contributed by atoms with Crippen molar-refractivity contribution in [3.63, 3.8) is 0 Å². The molecule has 7 heteroatoms. The molecule has 0 bridgehead atoms. The standard InChI is InChI=1S/C20H21BrN4O2/c1-23-18-8-7-15(21)13-17(18)20(22-23)27-14-19(26)25-11-9-24(10-12-25)16-5-3-2-4-6-16/h2-8,13H,9-12,14H2,1H3. The van der Waals surface area contributed by atoms with Gasteiger partial charge in [-0.2, -0.15) is 0 Å². The van der Waals surface area contributed by atoms with Gasteiger partial charge in [0.15, 0.2) is 6.61 Å². The number of hydrogen-bond donors (Lipinski definition) is 0. The Morgan fingerprint density at radius 1 is 1.11 bits per heavy atom. The minimum atomic E-state index is -0.00323. The van der Waals surface area contributed by atoms with Crippen LogP contribution in [0, 0.1) is 0 Å². The van der Waals surface area contributed by atoms with E-state index in [0.717, 1.165) is 28.5 Å². The normalized spacial score (nSPS) is 14.6. The predicted octanol–water partition coefficient (Wildman–Crippen LogP) is 3.06. The number of halogens is 1. The Hall–Kier alpha value is -2.54. The van der Waals surface area contributed by atoms with E-state index >= 15 is 0 Å². The average Bonchev–Trinajstić information content (AvgIpc) is 3.02. The number of anilines is 1. The van der Waals surface area contributed by atoms with Gasteiger partial charge in [-0.25, -0.2) is 0 Å². The highest BCUT2D eigenvalue weighted by Gasteiger charge is 2.22. The first-order chi connectivity index (χ1) is 13.1. The highest BCUT2D eigenvalue weighted by molar-refractivity contribution is 9.10. The van der Waals surface area contributed by atoms with Gasteiger partial charge in [0.05, 0.1) is 10.9 Å². The predicted molar refractivity (Wildman–Crippen MR) is 109 cm³/mol. The summed E-state index contributed by atoms with van der Waals surface area (Å²) in [5.74, 6) is 0.488. The maximum absolute atomic E-state index is 12.6. The average molecular weight is 429 g/mol. The van der Waals surface area contributed by atoms with E-state index in [0.29, 0.717) is 19.0 Å². The highest BCUT2D eigenvalue weighted by atomic mass is 79.9. The van der Waals surface area contributed by atoms with Crippen LogP contribution in [0.25, 0.3) is 10.9 Å². The number of carbonyl (C=O) groups excluding carboxylic acids is 1. The van der Waals surface area contributed by atoms with Gasteiger partial charge in [0, 0.05) is 43.4 Å². The van der Waals surface area contributed by atoms with Crippen molar-refractivity contribution >= 4 is 38.4 Å². The number of ether oxygens (including phenoxy) is 1. The first-order valence-corrected chi connectivity index (χ1v) is 9.74. The van der Waals surface area contributed by atoms with Crippen molar-refractivity contribution < 1.29 is 9.53 Å². The summed E-state index contributed by atoms with van der Waals surface area (Å²) in [6.07, 6.45) is 0. The third-order valence-electron chi connectivity index (χ3n) is 4.86. The van der Waals surface area contributed by atoms with Gasteiger partial charge in [0.2, 0.25) is 5.88 Å². The van der Waals surface area contributed by atoms with Crippen LogP contribution in [0.2, 0.25) is 0 Å². The summed E-state index contributed by atoms with van der Waals surface area (Å²) in [7, 11) is 1.87. The molecule has 0 saturated carbocycles. The van der Waals surface area contributed by atoms with Crippen LogP contribution in [0.15, 0.2) is 53.0 Å². The lowest BCUT2D eigenvalue weighted by Gasteiger charge is -2.36. The number of nitrogens with zero attached hydrogens (tertiary/aromatic N) is 4. The molecule has 140 valence electrons. The van der Waals surface area contributed by atoms with E-state index in [-0.39, 0.29) is 12.5 Å². The molecule has 6 nitrogen and oxygen atoms in total. The molecule has 1 aliphatic rings. The van der Waals surface area contributed by atoms with Gasteiger partial charge in [-0.15, -0.1) is 5.10 Å². The number of aryl methyl sites for hydroxylation is 1. The van der Waals surface area contributed by atoms with Crippen molar-refractivity contribution in [3.05, 3.63) is 53.0 Å². The molecule has 0 spiro atoms. The van der Waals surface area contributed by atoms with Crippen molar-refractivity contribution in [1.82, 2.24) is 14.7 Å². The zero-order valence-corrected chi connectivity index (χ0v) is 16.7. The highest BCUT2D eigenvalue weighted by Crippen LogP contribution is 2.27. The molecule has 0 atom stereocenters. The Balaban J connectivity index is 1.36. The number of benzene rings is 2. The van der Waals surface area contributed by atoms with Crippen molar-refractivity contribution in [2.24, 2.45) is 7.05 Å². The molecule has 0 N–H and O–H groups in total. The molecule has 0 radical (unpaired) electrons. The Morgan fingerprint density at radius 3 is 2.59 bits per heavy atom. The van der Waals surface area contributed by atoms with E-state index in [1.807, 2.05) is 48.3 Å². The van der Waals surface area contributed by atoms with Gasteiger partial charge in [-0.1, -0.05) is 34.1 Å². The SMILES string of the molecule is Cn1nc(OCC(=O)N2CCN(c3ccccc3)CC2)c2cc(Br)ccc21. The van der Waals surface area contributed by atoms with Gasteiger partial charge in [-0.3, -0.25) is 9.48 Å². The maximum atomic E-state index is 12.6. The van der Waals surface area contributed by atoms with Crippen LogP contribution >= 0.6 is 15.9 Å². The number of piperazine rings is 1. The lowest BCUT2D eigenvalue weighted by molar-refractivity contribution is -0.133. The number of fused-ring (bicyclic) bond motifs is 1. The van der Waals surface area contributed by atoms with Crippen molar-refractivity contribution in [3.8, 4) is 5.88 Å². The summed E-state index contributed by atoms with van der Waals surface area (Å²) in [6.45, 7) is 3.06. The van der Waals surface area contributed by atoms with E-state index in [4.69, 9.17) is 4.74 Å². The van der Waals surface area contributed by atoms with Crippen LogP contribution in [0.5, 0.6) is 5.88 Å². The summed E-state index contributed by atoms with van der Waals surface area (Å²) in [6, 6.07) is 16.2. The molecule has 1 saturated heterocycles. The fourth-order valence-electron chi connectivity index (χ4n) is 3.39. The molecule has 1 aromatic heterocycles. The third kappa shape index (κ3) is 3.78. The number of hydrogen-bond acceptors (Lipinski definition) is 4. The second-order valence-electron chi connectivity index (χ2n) is 6.58. The second-order valence-corrected chi connectivity index (χ2v) is 7.50. The number of rotatable bonds is 4. The first-order valence-electron chi connectivity index (χ1n) is 8.94. The van der Waals surface area contributed by atoms with Gasteiger partial charge < -0.3 is 14.5 Å². The summed E-state index contributed by atoms with van der Waals surface area (Å²) in [5.41, 5.74) is 2.17. The van der Waals surface area contributed by atoms with E-state index in [9.17, 15) is 4.79 Å². The molecular weight excluding hydrogens is 408 g/mol. The molecule has 1 amide bonds. The zero-order valence-electron chi connectivity index (χ0n) is 15.1. The quantitative estimate of drug-likeness (QED) is 0.640. The number of para-hydroxylation sites is 1. The minimum Gasteiger partial charge on any atom is -0.466 e. The fourth-order valence-corrected chi connectivity index (χ4v) is 3.75. The Bertz CT molecular complexity index is 949. The summed E-state index contributed by atoms with van der Waals surface area (Å²) < 4.78 is 8.48. The number of aromatic nitrogens is 2. The summed E-state index contributed by atoms with van der Waals surface area (Å²) in [4.78, 5) is 16.7. The van der Waals surface area contributed by atoms with Gasteiger partial charge in [-0.05, 0) is 30.3 Å². The number of amides is 1. The molecule has 0 unspecified atom stereocenters. The lowest BCUT2D eigenvalue weighted by atomic mass is 10.2. The van der Waals surface area contributed by atoms with E-state index in [1.165, 1.54) is 5.69 Å². The molecular formula is C20H21BrN4O2. The molecule has 3 aromatic rings. The maximum Gasteiger partial charge on any atom is 0.260 e. The summed E-state index contributed by atoms with van der Waals surface area (Å²) in [5, 5.41) is 5.29. The van der Waals surface area contributed by atoms with Crippen LogP contribution in [-0.2, 0) is 11.8 Å². The van der Waals surface area contributed by atoms with Crippen LogP contribution in [0.3, 0.4) is 0 Å². The molecule has 2 heterocycles. The summed E-state index contributed by atoms with van der Waals surface area (Å²) >= 11 is 3.47. The molecule has 27 heavy (non-hydrogen) atoms. The molecule has 1 aliphatic heterocycles. The minimum absolute atomic E-state index is 0.00323.